The Balaban J connectivity index is 1.57. The van der Waals surface area contributed by atoms with Gasteiger partial charge in [-0.3, -0.25) is 4.79 Å². The monoisotopic (exact) mass is 392 g/mol. The molecule has 3 aromatic rings. The third-order valence-electron chi connectivity index (χ3n) is 5.02. The van der Waals surface area contributed by atoms with Gasteiger partial charge in [0.2, 0.25) is 0 Å². The maximum atomic E-state index is 11.8. The highest BCUT2D eigenvalue weighted by Crippen LogP contribution is 2.23. The molecule has 0 unspecified atom stereocenters. The van der Waals surface area contributed by atoms with E-state index in [0.717, 1.165) is 31.4 Å². The Morgan fingerprint density at radius 1 is 1.14 bits per heavy atom. The number of hydrogen-bond acceptors (Lipinski definition) is 7. The third-order valence-corrected chi connectivity index (χ3v) is 5.02. The zero-order valence-electron chi connectivity index (χ0n) is 16.0. The summed E-state index contributed by atoms with van der Waals surface area (Å²) < 4.78 is 1.73. The number of nitrogens with one attached hydrogen (secondary N) is 2. The SMILES string of the molecule is NC(=O)c1ncc(N[C@@H]2CCCC[C@@H]2N)nc1Nc1cnn(-c2ccccc2)c1. The molecule has 0 bridgehead atoms. The standard InChI is InChI=1S/C20H24N8O/c21-15-8-4-5-9-16(15)26-17-11-23-18(19(22)29)20(27-17)25-13-10-24-28(12-13)14-6-2-1-3-7-14/h1-3,6-7,10-12,15-16H,4-5,8-9,21H2,(H2,22,29)(H2,25,26,27)/t15-,16+/m0/s1. The normalized spacial score (nSPS) is 18.9. The number of amides is 1. The topological polar surface area (TPSA) is 137 Å². The Morgan fingerprint density at radius 2 is 1.93 bits per heavy atom. The molecule has 150 valence electrons. The predicted molar refractivity (Wildman–Crippen MR) is 111 cm³/mol. The van der Waals surface area contributed by atoms with E-state index in [9.17, 15) is 4.79 Å². The molecule has 9 heteroatoms. The summed E-state index contributed by atoms with van der Waals surface area (Å²) in [5.41, 5.74) is 13.3. The van der Waals surface area contributed by atoms with Crippen molar-refractivity contribution in [3.8, 4) is 5.69 Å². The van der Waals surface area contributed by atoms with Crippen LogP contribution in [0.4, 0.5) is 17.3 Å². The van der Waals surface area contributed by atoms with Crippen LogP contribution in [-0.4, -0.2) is 37.7 Å². The Labute approximate surface area is 168 Å². The number of nitrogens with two attached hydrogens (primary N) is 2. The van der Waals surface area contributed by atoms with Crippen molar-refractivity contribution in [1.82, 2.24) is 19.7 Å². The van der Waals surface area contributed by atoms with Crippen molar-refractivity contribution in [1.29, 1.82) is 0 Å². The number of nitrogens with zero attached hydrogens (tertiary/aromatic N) is 4. The zero-order chi connectivity index (χ0) is 20.2. The number of carbonyl (C=O) groups is 1. The summed E-state index contributed by atoms with van der Waals surface area (Å²) in [6, 6.07) is 9.91. The van der Waals surface area contributed by atoms with Gasteiger partial charge in [-0.15, -0.1) is 0 Å². The Kier molecular flexibility index (Phi) is 5.39. The van der Waals surface area contributed by atoms with Crippen LogP contribution in [0, 0.1) is 0 Å². The van der Waals surface area contributed by atoms with Crippen LogP contribution < -0.4 is 22.1 Å². The van der Waals surface area contributed by atoms with Crippen LogP contribution in [0.15, 0.2) is 48.9 Å². The number of primary amides is 1. The molecule has 1 amide bonds. The highest BCUT2D eigenvalue weighted by Gasteiger charge is 2.23. The molecule has 0 spiro atoms. The molecule has 1 aliphatic carbocycles. The van der Waals surface area contributed by atoms with E-state index in [1.165, 1.54) is 6.20 Å². The van der Waals surface area contributed by atoms with Crippen LogP contribution in [0.5, 0.6) is 0 Å². The summed E-state index contributed by atoms with van der Waals surface area (Å²) in [5, 5.41) is 10.8. The molecule has 2 aromatic heterocycles. The highest BCUT2D eigenvalue weighted by atomic mass is 16.1. The van der Waals surface area contributed by atoms with Crippen LogP contribution in [-0.2, 0) is 0 Å². The molecule has 1 aliphatic rings. The van der Waals surface area contributed by atoms with E-state index >= 15 is 0 Å². The molecule has 0 aliphatic heterocycles. The molecule has 6 N–H and O–H groups in total. The van der Waals surface area contributed by atoms with Crippen molar-refractivity contribution < 1.29 is 4.79 Å². The average Bonchev–Trinajstić information content (AvgIpc) is 3.19. The molecule has 1 fully saturated rings. The molecular weight excluding hydrogens is 368 g/mol. The quantitative estimate of drug-likeness (QED) is 0.504. The lowest BCUT2D eigenvalue weighted by Crippen LogP contribution is -2.42. The van der Waals surface area contributed by atoms with Gasteiger partial charge in [-0.05, 0) is 25.0 Å². The van der Waals surface area contributed by atoms with Crippen molar-refractivity contribution in [2.75, 3.05) is 10.6 Å². The molecule has 1 aromatic carbocycles. The number of benzene rings is 1. The first-order valence-corrected chi connectivity index (χ1v) is 9.66. The first-order chi connectivity index (χ1) is 14.1. The van der Waals surface area contributed by atoms with Crippen molar-refractivity contribution in [3.05, 3.63) is 54.6 Å². The first-order valence-electron chi connectivity index (χ1n) is 9.66. The smallest absolute Gasteiger partial charge is 0.271 e. The summed E-state index contributed by atoms with van der Waals surface area (Å²) in [6.07, 6.45) is 9.20. The second-order valence-corrected chi connectivity index (χ2v) is 7.15. The number of rotatable bonds is 6. The van der Waals surface area contributed by atoms with Gasteiger partial charge in [-0.25, -0.2) is 14.6 Å². The van der Waals surface area contributed by atoms with E-state index in [0.29, 0.717) is 11.5 Å². The summed E-state index contributed by atoms with van der Waals surface area (Å²) in [5.74, 6) is 0.172. The van der Waals surface area contributed by atoms with Gasteiger partial charge in [0.1, 0.15) is 5.82 Å². The second kappa shape index (κ2) is 8.27. The molecule has 4 rings (SSSR count). The fourth-order valence-corrected chi connectivity index (χ4v) is 3.50. The fraction of sp³-hybridized carbons (Fsp3) is 0.300. The van der Waals surface area contributed by atoms with Crippen LogP contribution in [0.1, 0.15) is 36.2 Å². The maximum Gasteiger partial charge on any atom is 0.271 e. The largest absolute Gasteiger partial charge is 0.364 e. The summed E-state index contributed by atoms with van der Waals surface area (Å²) in [7, 11) is 0. The van der Waals surface area contributed by atoms with Crippen LogP contribution in [0.25, 0.3) is 5.69 Å². The summed E-state index contributed by atoms with van der Waals surface area (Å²) in [6.45, 7) is 0. The van der Waals surface area contributed by atoms with Gasteiger partial charge in [-0.2, -0.15) is 5.10 Å². The lowest BCUT2D eigenvalue weighted by molar-refractivity contribution is 0.0996. The van der Waals surface area contributed by atoms with E-state index in [-0.39, 0.29) is 23.6 Å². The number of para-hydroxylation sites is 1. The number of anilines is 3. The minimum Gasteiger partial charge on any atom is -0.364 e. The maximum absolute atomic E-state index is 11.8. The van der Waals surface area contributed by atoms with E-state index in [2.05, 4.69) is 25.7 Å². The van der Waals surface area contributed by atoms with E-state index < -0.39 is 5.91 Å². The number of aromatic nitrogens is 4. The number of carbonyl (C=O) groups excluding carboxylic acids is 1. The van der Waals surface area contributed by atoms with Crippen molar-refractivity contribution in [3.63, 3.8) is 0 Å². The van der Waals surface area contributed by atoms with Gasteiger partial charge < -0.3 is 22.1 Å². The molecule has 2 heterocycles. The molecule has 9 nitrogen and oxygen atoms in total. The molecule has 29 heavy (non-hydrogen) atoms. The number of hydrogen-bond donors (Lipinski definition) is 4. The molecular formula is C20H24N8O. The lowest BCUT2D eigenvalue weighted by atomic mass is 9.91. The van der Waals surface area contributed by atoms with Crippen molar-refractivity contribution in [2.24, 2.45) is 11.5 Å². The highest BCUT2D eigenvalue weighted by molar-refractivity contribution is 5.96. The van der Waals surface area contributed by atoms with Gasteiger partial charge in [0.25, 0.3) is 5.91 Å². The summed E-state index contributed by atoms with van der Waals surface area (Å²) in [4.78, 5) is 20.5. The van der Waals surface area contributed by atoms with Crippen LogP contribution >= 0.6 is 0 Å². The Bertz CT molecular complexity index is 987. The van der Waals surface area contributed by atoms with E-state index in [1.54, 1.807) is 17.1 Å². The van der Waals surface area contributed by atoms with Crippen molar-refractivity contribution >= 4 is 23.2 Å². The van der Waals surface area contributed by atoms with Gasteiger partial charge in [0.05, 0.1) is 30.0 Å². The second-order valence-electron chi connectivity index (χ2n) is 7.15. The van der Waals surface area contributed by atoms with Crippen LogP contribution in [0.2, 0.25) is 0 Å². The summed E-state index contributed by atoms with van der Waals surface area (Å²) >= 11 is 0. The predicted octanol–water partition coefficient (Wildman–Crippen LogP) is 2.19. The minimum atomic E-state index is -0.656. The molecule has 1 saturated carbocycles. The van der Waals surface area contributed by atoms with E-state index in [1.807, 2.05) is 30.3 Å². The third kappa shape index (κ3) is 4.35. The van der Waals surface area contributed by atoms with Gasteiger partial charge in [0.15, 0.2) is 11.5 Å². The van der Waals surface area contributed by atoms with Crippen LogP contribution in [0.3, 0.4) is 0 Å². The zero-order valence-corrected chi connectivity index (χ0v) is 16.0. The average molecular weight is 392 g/mol. The molecule has 0 saturated heterocycles. The first kappa shape index (κ1) is 18.9. The Hall–Kier alpha value is -3.46. The van der Waals surface area contributed by atoms with Crippen molar-refractivity contribution in [2.45, 2.75) is 37.8 Å². The van der Waals surface area contributed by atoms with Gasteiger partial charge >= 0.3 is 0 Å². The minimum absolute atomic E-state index is 0.0657. The van der Waals surface area contributed by atoms with Gasteiger partial charge in [0, 0.05) is 12.1 Å². The van der Waals surface area contributed by atoms with E-state index in [4.69, 9.17) is 11.5 Å². The molecule has 2 atom stereocenters. The fourth-order valence-electron chi connectivity index (χ4n) is 3.50. The Morgan fingerprint density at radius 3 is 2.69 bits per heavy atom. The lowest BCUT2D eigenvalue weighted by Gasteiger charge is -2.29. The molecule has 0 radical (unpaired) electrons. The van der Waals surface area contributed by atoms with Gasteiger partial charge in [-0.1, -0.05) is 31.0 Å².